The number of hydrogen-bond acceptors (Lipinski definition) is 8. The lowest BCUT2D eigenvalue weighted by Crippen LogP contribution is -2.42. The molecule has 10 nitrogen and oxygen atoms in total. The van der Waals surface area contributed by atoms with E-state index in [-0.39, 0.29) is 19.0 Å². The minimum Gasteiger partial charge on any atom is -0.481 e. The van der Waals surface area contributed by atoms with Crippen molar-refractivity contribution in [2.45, 2.75) is 19.6 Å². The molecule has 0 amide bonds. The number of halogens is 1. The van der Waals surface area contributed by atoms with Crippen LogP contribution in [-0.2, 0) is 19.0 Å². The molecular weight excluding hydrogens is 445 g/mol. The van der Waals surface area contributed by atoms with Crippen LogP contribution in [-0.4, -0.2) is 64.5 Å². The number of aliphatic carboxylic acids is 1. The van der Waals surface area contributed by atoms with E-state index in [2.05, 4.69) is 25.3 Å². The molecule has 1 saturated heterocycles. The summed E-state index contributed by atoms with van der Waals surface area (Å²) in [6.07, 6.45) is 1.54. The molecule has 1 aliphatic rings. The topological polar surface area (TPSA) is 131 Å². The molecule has 0 atom stereocenters. The molecule has 1 aromatic carbocycles. The summed E-state index contributed by atoms with van der Waals surface area (Å²) >= 11 is 0. The number of imidazole rings is 1. The zero-order valence-electron chi connectivity index (χ0n) is 18.9. The summed E-state index contributed by atoms with van der Waals surface area (Å²) in [6, 6.07) is 7.67. The maximum absolute atomic E-state index is 13.5. The highest BCUT2D eigenvalue weighted by molar-refractivity contribution is 5.77. The lowest BCUT2D eigenvalue weighted by molar-refractivity contribution is -0.236. The number of aromatic nitrogens is 4. The molecule has 0 unspecified atom stereocenters. The van der Waals surface area contributed by atoms with E-state index in [0.29, 0.717) is 47.6 Å². The van der Waals surface area contributed by atoms with Crippen molar-refractivity contribution in [2.75, 3.05) is 38.8 Å². The van der Waals surface area contributed by atoms with Gasteiger partial charge in [0.15, 0.2) is 5.82 Å². The van der Waals surface area contributed by atoms with Gasteiger partial charge in [-0.1, -0.05) is 0 Å². The van der Waals surface area contributed by atoms with Crippen LogP contribution in [0.25, 0.3) is 22.6 Å². The van der Waals surface area contributed by atoms with Crippen LogP contribution >= 0.6 is 0 Å². The molecule has 180 valence electrons. The van der Waals surface area contributed by atoms with Crippen LogP contribution in [0, 0.1) is 11.2 Å². The van der Waals surface area contributed by atoms with E-state index in [4.69, 9.17) is 14.2 Å². The van der Waals surface area contributed by atoms with E-state index in [0.717, 1.165) is 6.42 Å². The van der Waals surface area contributed by atoms with Gasteiger partial charge in [0.25, 0.3) is 0 Å². The lowest BCUT2D eigenvalue weighted by Gasteiger charge is -2.33. The maximum atomic E-state index is 13.5. The number of anilines is 1. The smallest absolute Gasteiger partial charge is 0.314 e. The van der Waals surface area contributed by atoms with E-state index in [1.807, 2.05) is 0 Å². The summed E-state index contributed by atoms with van der Waals surface area (Å²) < 4.78 is 30.0. The molecule has 0 radical (unpaired) electrons. The summed E-state index contributed by atoms with van der Waals surface area (Å²) in [4.78, 5) is 28.2. The van der Waals surface area contributed by atoms with Crippen molar-refractivity contribution >= 4 is 11.9 Å². The Morgan fingerprint density at radius 3 is 2.68 bits per heavy atom. The first-order chi connectivity index (χ1) is 16.4. The van der Waals surface area contributed by atoms with E-state index in [9.17, 15) is 14.3 Å². The summed E-state index contributed by atoms with van der Waals surface area (Å²) in [5.74, 6) is -0.561. The van der Waals surface area contributed by atoms with E-state index < -0.39 is 17.7 Å². The average Bonchev–Trinajstić information content (AvgIpc) is 3.28. The van der Waals surface area contributed by atoms with Gasteiger partial charge in [0.1, 0.15) is 11.2 Å². The second kappa shape index (κ2) is 10.2. The third-order valence-corrected chi connectivity index (χ3v) is 5.41. The molecule has 0 bridgehead atoms. The SMILES string of the molecule is COCCCNc1nccc(-c2[nH]c(C3OCC(C)(C(=O)O)CO3)nc2-c2ccc(F)cc2)n1. The number of ether oxygens (including phenoxy) is 3. The van der Waals surface area contributed by atoms with Gasteiger partial charge < -0.3 is 29.6 Å². The van der Waals surface area contributed by atoms with Crippen molar-refractivity contribution in [3.8, 4) is 22.6 Å². The summed E-state index contributed by atoms with van der Waals surface area (Å²) in [6.45, 7) is 2.76. The zero-order valence-corrected chi connectivity index (χ0v) is 18.9. The molecule has 0 spiro atoms. The Labute approximate surface area is 195 Å². The van der Waals surface area contributed by atoms with Crippen molar-refractivity contribution in [3.05, 3.63) is 48.2 Å². The average molecular weight is 471 g/mol. The first-order valence-electron chi connectivity index (χ1n) is 10.8. The van der Waals surface area contributed by atoms with Crippen LogP contribution < -0.4 is 5.32 Å². The number of carbonyl (C=O) groups is 1. The molecular formula is C23H26FN5O5. The number of carboxylic acids is 1. The highest BCUT2D eigenvalue weighted by Crippen LogP contribution is 2.35. The third-order valence-electron chi connectivity index (χ3n) is 5.41. The maximum Gasteiger partial charge on any atom is 0.314 e. The van der Waals surface area contributed by atoms with Crippen LogP contribution in [0.2, 0.25) is 0 Å². The number of benzene rings is 1. The molecule has 2 aromatic heterocycles. The molecule has 0 saturated carbocycles. The van der Waals surface area contributed by atoms with Crippen LogP contribution in [0.4, 0.5) is 10.3 Å². The number of methoxy groups -OCH3 is 1. The molecule has 4 rings (SSSR count). The number of hydrogen-bond donors (Lipinski definition) is 3. The largest absolute Gasteiger partial charge is 0.481 e. The summed E-state index contributed by atoms with van der Waals surface area (Å²) in [5, 5.41) is 12.6. The highest BCUT2D eigenvalue weighted by Gasteiger charge is 2.41. The van der Waals surface area contributed by atoms with Crippen molar-refractivity contribution in [3.63, 3.8) is 0 Å². The second-order valence-electron chi connectivity index (χ2n) is 8.21. The number of nitrogens with one attached hydrogen (secondary N) is 2. The van der Waals surface area contributed by atoms with Crippen molar-refractivity contribution in [1.29, 1.82) is 0 Å². The highest BCUT2D eigenvalue weighted by atomic mass is 19.1. The molecule has 0 aliphatic carbocycles. The van der Waals surface area contributed by atoms with Gasteiger partial charge in [-0.25, -0.2) is 19.3 Å². The van der Waals surface area contributed by atoms with E-state index in [1.54, 1.807) is 38.4 Å². The van der Waals surface area contributed by atoms with Gasteiger partial charge in [-0.15, -0.1) is 0 Å². The molecule has 1 aliphatic heterocycles. The quantitative estimate of drug-likeness (QED) is 0.402. The van der Waals surface area contributed by atoms with E-state index >= 15 is 0 Å². The second-order valence-corrected chi connectivity index (χ2v) is 8.21. The van der Waals surface area contributed by atoms with Crippen LogP contribution in [0.3, 0.4) is 0 Å². The summed E-state index contributed by atoms with van der Waals surface area (Å²) in [7, 11) is 1.64. The normalized spacial score (nSPS) is 20.3. The zero-order chi connectivity index (χ0) is 24.1. The molecule has 1 fully saturated rings. The minimum atomic E-state index is -1.14. The predicted octanol–water partition coefficient (Wildman–Crippen LogP) is 3.26. The Morgan fingerprint density at radius 1 is 1.26 bits per heavy atom. The molecule has 3 N–H and O–H groups in total. The molecule has 11 heteroatoms. The van der Waals surface area contributed by atoms with Crippen molar-refractivity contribution < 1.29 is 28.5 Å². The van der Waals surface area contributed by atoms with Crippen LogP contribution in [0.1, 0.15) is 25.5 Å². The fraction of sp³-hybridized carbons (Fsp3) is 0.391. The van der Waals surface area contributed by atoms with Gasteiger partial charge in [0, 0.05) is 32.0 Å². The number of H-pyrrole nitrogens is 1. The van der Waals surface area contributed by atoms with Gasteiger partial charge in [0.05, 0.1) is 30.3 Å². The van der Waals surface area contributed by atoms with Gasteiger partial charge in [-0.2, -0.15) is 0 Å². The molecule has 3 aromatic rings. The number of carboxylic acid groups (broad SMARTS) is 1. The summed E-state index contributed by atoms with van der Waals surface area (Å²) in [5.41, 5.74) is 1.19. The predicted molar refractivity (Wildman–Crippen MR) is 120 cm³/mol. The lowest BCUT2D eigenvalue weighted by atomic mass is 9.92. The first-order valence-corrected chi connectivity index (χ1v) is 10.8. The molecule has 3 heterocycles. The van der Waals surface area contributed by atoms with Crippen molar-refractivity contribution in [2.24, 2.45) is 5.41 Å². The fourth-order valence-electron chi connectivity index (χ4n) is 3.40. The Balaban J connectivity index is 1.64. The van der Waals surface area contributed by atoms with Gasteiger partial charge in [-0.05, 0) is 43.7 Å². The van der Waals surface area contributed by atoms with E-state index in [1.165, 1.54) is 12.1 Å². The van der Waals surface area contributed by atoms with Gasteiger partial charge in [0.2, 0.25) is 12.2 Å². The Bertz CT molecular complexity index is 1130. The third kappa shape index (κ3) is 5.22. The monoisotopic (exact) mass is 471 g/mol. The van der Waals surface area contributed by atoms with Crippen LogP contribution in [0.15, 0.2) is 36.5 Å². The Kier molecular flexibility index (Phi) is 7.15. The minimum absolute atomic E-state index is 0.0298. The fourth-order valence-corrected chi connectivity index (χ4v) is 3.40. The van der Waals surface area contributed by atoms with Crippen molar-refractivity contribution in [1.82, 2.24) is 19.9 Å². The number of rotatable bonds is 9. The number of aromatic amines is 1. The van der Waals surface area contributed by atoms with Gasteiger partial charge >= 0.3 is 5.97 Å². The standard InChI is InChI=1S/C23H26FN5O5/c1-23(21(30)31)12-33-20(34-13-23)19-28-17(14-4-6-15(24)7-5-14)18(29-19)16-8-10-26-22(27-16)25-9-3-11-32-2/h4-8,10,20H,3,9,11-13H2,1-2H3,(H,28,29)(H,30,31)(H,25,26,27). The Hall–Kier alpha value is -3.41. The van der Waals surface area contributed by atoms with Crippen LogP contribution in [0.5, 0.6) is 0 Å². The first kappa shape index (κ1) is 23.7. The Morgan fingerprint density at radius 2 is 2.00 bits per heavy atom. The molecule has 34 heavy (non-hydrogen) atoms. The number of nitrogens with zero attached hydrogens (tertiary/aromatic N) is 3. The van der Waals surface area contributed by atoms with Gasteiger partial charge in [-0.3, -0.25) is 4.79 Å².